The number of aromatic nitrogens is 2. The Balaban J connectivity index is 1.71. The molecule has 2 heterocycles. The topological polar surface area (TPSA) is 96.3 Å². The monoisotopic (exact) mass is 411 g/mol. The van der Waals surface area contributed by atoms with Crippen LogP contribution in [-0.2, 0) is 9.59 Å². The number of nitrogens with zero attached hydrogens (tertiary/aromatic N) is 3. The van der Waals surface area contributed by atoms with E-state index in [-0.39, 0.29) is 12.5 Å². The lowest BCUT2D eigenvalue weighted by atomic mass is 9.92. The lowest BCUT2D eigenvalue weighted by Crippen LogP contribution is -2.44. The molecule has 1 aliphatic heterocycles. The zero-order chi connectivity index (χ0) is 22.1. The lowest BCUT2D eigenvalue weighted by Gasteiger charge is -2.22. The molecule has 1 atom stereocenters. The second-order valence-corrected chi connectivity index (χ2v) is 8.43. The molecule has 0 saturated carbocycles. The predicted octanol–water partition coefficient (Wildman–Crippen LogP) is 3.17. The second kappa shape index (κ2) is 8.30. The Kier molecular flexibility index (Phi) is 5.96. The van der Waals surface area contributed by atoms with E-state index in [0.29, 0.717) is 23.7 Å². The number of carbonyl (C=O) groups excluding carboxylic acids is 3. The number of aryl methyl sites for hydroxylation is 1. The summed E-state index contributed by atoms with van der Waals surface area (Å²) in [6.45, 7) is 9.17. The Morgan fingerprint density at radius 3 is 2.50 bits per heavy atom. The number of nitrogens with one attached hydrogen (secondary N) is 2. The van der Waals surface area contributed by atoms with Gasteiger partial charge in [-0.2, -0.15) is 5.10 Å². The molecule has 2 aromatic rings. The number of imide groups is 1. The van der Waals surface area contributed by atoms with Gasteiger partial charge >= 0.3 is 6.03 Å². The molecule has 2 N–H and O–H groups in total. The molecule has 0 radical (unpaired) electrons. The normalized spacial score (nSPS) is 18.8. The number of urea groups is 1. The zero-order valence-corrected chi connectivity index (χ0v) is 18.2. The first-order valence-corrected chi connectivity index (χ1v) is 10.2. The predicted molar refractivity (Wildman–Crippen MR) is 114 cm³/mol. The van der Waals surface area contributed by atoms with E-state index in [9.17, 15) is 14.4 Å². The van der Waals surface area contributed by atoms with Crippen molar-refractivity contribution in [2.45, 2.75) is 53.0 Å². The molecule has 3 rings (SSSR count). The Bertz CT molecular complexity index is 967. The average molecular weight is 412 g/mol. The molecule has 1 aliphatic rings. The Labute approximate surface area is 176 Å². The van der Waals surface area contributed by atoms with Crippen LogP contribution in [0.4, 0.5) is 10.5 Å². The minimum atomic E-state index is -0.967. The molecule has 4 amide bonds. The smallest absolute Gasteiger partial charge is 0.323 e. The van der Waals surface area contributed by atoms with Gasteiger partial charge in [-0.25, -0.2) is 9.48 Å². The lowest BCUT2D eigenvalue weighted by molar-refractivity contribution is -0.133. The van der Waals surface area contributed by atoms with Crippen LogP contribution in [-0.4, -0.2) is 44.6 Å². The van der Waals surface area contributed by atoms with Gasteiger partial charge in [0.2, 0.25) is 5.91 Å². The summed E-state index contributed by atoms with van der Waals surface area (Å²) in [6.07, 6.45) is 1.34. The van der Waals surface area contributed by atoms with Crippen LogP contribution in [0.1, 0.15) is 45.0 Å². The van der Waals surface area contributed by atoms with Crippen LogP contribution in [0.25, 0.3) is 5.69 Å². The van der Waals surface area contributed by atoms with Crippen molar-refractivity contribution in [3.8, 4) is 5.69 Å². The molecular formula is C22H29N5O3. The van der Waals surface area contributed by atoms with Crippen LogP contribution in [0.3, 0.4) is 0 Å². The summed E-state index contributed by atoms with van der Waals surface area (Å²) in [4.78, 5) is 38.8. The largest absolute Gasteiger partial charge is 0.325 e. The fourth-order valence-corrected chi connectivity index (χ4v) is 3.60. The van der Waals surface area contributed by atoms with Crippen LogP contribution in [0.5, 0.6) is 0 Å². The Morgan fingerprint density at radius 1 is 1.20 bits per heavy atom. The summed E-state index contributed by atoms with van der Waals surface area (Å²) in [5.41, 5.74) is 1.92. The van der Waals surface area contributed by atoms with Gasteiger partial charge in [0.15, 0.2) is 0 Å². The maximum Gasteiger partial charge on any atom is 0.325 e. The van der Waals surface area contributed by atoms with Crippen molar-refractivity contribution in [2.75, 3.05) is 11.9 Å². The van der Waals surface area contributed by atoms with E-state index in [1.54, 1.807) is 18.5 Å². The maximum atomic E-state index is 12.8. The minimum absolute atomic E-state index is 0.336. The van der Waals surface area contributed by atoms with E-state index >= 15 is 0 Å². The van der Waals surface area contributed by atoms with Crippen molar-refractivity contribution in [2.24, 2.45) is 5.92 Å². The number of benzene rings is 1. The Morgan fingerprint density at radius 2 is 1.87 bits per heavy atom. The van der Waals surface area contributed by atoms with Crippen LogP contribution in [0.2, 0.25) is 0 Å². The number of amides is 4. The number of para-hydroxylation sites is 1. The summed E-state index contributed by atoms with van der Waals surface area (Å²) in [5, 5.41) is 10.1. The molecular weight excluding hydrogens is 382 g/mol. The summed E-state index contributed by atoms with van der Waals surface area (Å²) in [5.74, 6) is -0.391. The third-order valence-electron chi connectivity index (χ3n) is 5.43. The van der Waals surface area contributed by atoms with Crippen LogP contribution in [0.15, 0.2) is 30.3 Å². The van der Waals surface area contributed by atoms with E-state index in [0.717, 1.165) is 22.7 Å². The van der Waals surface area contributed by atoms with Crippen molar-refractivity contribution < 1.29 is 14.4 Å². The van der Waals surface area contributed by atoms with Crippen molar-refractivity contribution >= 4 is 23.5 Å². The maximum absolute atomic E-state index is 12.8. The van der Waals surface area contributed by atoms with Gasteiger partial charge in [0.05, 0.1) is 22.8 Å². The van der Waals surface area contributed by atoms with Gasteiger partial charge in [-0.05, 0) is 51.7 Å². The van der Waals surface area contributed by atoms with Crippen molar-refractivity contribution in [3.63, 3.8) is 0 Å². The van der Waals surface area contributed by atoms with Crippen LogP contribution in [0, 0.1) is 19.8 Å². The number of hydrogen-bond donors (Lipinski definition) is 2. The van der Waals surface area contributed by atoms with Crippen molar-refractivity contribution in [1.29, 1.82) is 0 Å². The van der Waals surface area contributed by atoms with Gasteiger partial charge < -0.3 is 10.6 Å². The van der Waals surface area contributed by atoms with Crippen molar-refractivity contribution in [1.82, 2.24) is 20.0 Å². The summed E-state index contributed by atoms with van der Waals surface area (Å²) < 4.78 is 1.75. The first-order valence-electron chi connectivity index (χ1n) is 10.2. The summed E-state index contributed by atoms with van der Waals surface area (Å²) in [7, 11) is 0. The zero-order valence-electron chi connectivity index (χ0n) is 18.2. The first-order chi connectivity index (χ1) is 14.1. The van der Waals surface area contributed by atoms with E-state index in [2.05, 4.69) is 29.6 Å². The van der Waals surface area contributed by atoms with Gasteiger partial charge in [0.1, 0.15) is 12.1 Å². The molecule has 1 aromatic carbocycles. The number of hydrogen-bond acceptors (Lipinski definition) is 4. The third kappa shape index (κ3) is 4.22. The minimum Gasteiger partial charge on any atom is -0.323 e. The van der Waals surface area contributed by atoms with E-state index in [1.165, 1.54) is 0 Å². The molecule has 0 bridgehead atoms. The van der Waals surface area contributed by atoms with E-state index in [4.69, 9.17) is 0 Å². The fraction of sp³-hybridized carbons (Fsp3) is 0.455. The number of carbonyl (C=O) groups is 3. The quantitative estimate of drug-likeness (QED) is 0.684. The molecule has 8 nitrogen and oxygen atoms in total. The van der Waals surface area contributed by atoms with Crippen LogP contribution < -0.4 is 10.6 Å². The van der Waals surface area contributed by atoms with E-state index < -0.39 is 17.5 Å². The molecule has 1 saturated heterocycles. The molecule has 0 aliphatic carbocycles. The molecule has 1 fully saturated rings. The first kappa shape index (κ1) is 21.5. The number of anilines is 1. The highest BCUT2D eigenvalue weighted by molar-refractivity contribution is 6.10. The molecule has 160 valence electrons. The van der Waals surface area contributed by atoms with Gasteiger partial charge in [0, 0.05) is 0 Å². The molecule has 0 spiro atoms. The highest BCUT2D eigenvalue weighted by Crippen LogP contribution is 2.26. The molecule has 1 unspecified atom stereocenters. The van der Waals surface area contributed by atoms with Crippen LogP contribution >= 0.6 is 0 Å². The third-order valence-corrected chi connectivity index (χ3v) is 5.43. The van der Waals surface area contributed by atoms with E-state index in [1.807, 2.05) is 37.3 Å². The molecule has 30 heavy (non-hydrogen) atoms. The van der Waals surface area contributed by atoms with Crippen molar-refractivity contribution in [3.05, 3.63) is 41.7 Å². The van der Waals surface area contributed by atoms with Gasteiger partial charge in [-0.15, -0.1) is 0 Å². The Hall–Kier alpha value is -3.16. The summed E-state index contributed by atoms with van der Waals surface area (Å²) >= 11 is 0. The second-order valence-electron chi connectivity index (χ2n) is 8.43. The highest BCUT2D eigenvalue weighted by Gasteiger charge is 2.47. The highest BCUT2D eigenvalue weighted by atomic mass is 16.2. The fourth-order valence-electron chi connectivity index (χ4n) is 3.60. The van der Waals surface area contributed by atoms with Gasteiger partial charge in [-0.1, -0.05) is 32.0 Å². The van der Waals surface area contributed by atoms with Gasteiger partial charge in [-0.3, -0.25) is 14.5 Å². The standard InChI is InChI=1S/C22H29N5O3/c1-14(2)11-12-22(5)20(29)26(21(30)24-22)13-18(28)23-19-15(3)25-27(16(19)4)17-9-7-6-8-10-17/h6-10,14H,11-13H2,1-5H3,(H,23,28)(H,24,30). The SMILES string of the molecule is Cc1nn(-c2ccccc2)c(C)c1NC(=O)CN1C(=O)NC(C)(CCC(C)C)C1=O. The molecule has 8 heteroatoms. The molecule has 1 aromatic heterocycles. The number of rotatable bonds is 7. The average Bonchev–Trinajstić information content (AvgIpc) is 3.09. The summed E-state index contributed by atoms with van der Waals surface area (Å²) in [6, 6.07) is 9.07. The van der Waals surface area contributed by atoms with Gasteiger partial charge in [0.25, 0.3) is 5.91 Å².